The lowest BCUT2D eigenvalue weighted by Crippen LogP contribution is -2.48. The van der Waals surface area contributed by atoms with Gasteiger partial charge in [-0.15, -0.1) is 0 Å². The molecule has 0 aliphatic carbocycles. The number of benzene rings is 1. The summed E-state index contributed by atoms with van der Waals surface area (Å²) >= 11 is 29.0. The molecule has 0 saturated heterocycles. The molecule has 1 aromatic rings. The number of anilines is 1. The van der Waals surface area contributed by atoms with Gasteiger partial charge in [-0.2, -0.15) is 0 Å². The van der Waals surface area contributed by atoms with Crippen LogP contribution in [0.2, 0.25) is 10.0 Å². The van der Waals surface area contributed by atoms with Crippen molar-refractivity contribution in [3.63, 3.8) is 0 Å². The normalized spacial score (nSPS) is 13.0. The summed E-state index contributed by atoms with van der Waals surface area (Å²) < 4.78 is -1.73. The van der Waals surface area contributed by atoms with E-state index in [4.69, 9.17) is 58.0 Å². The zero-order valence-corrected chi connectivity index (χ0v) is 12.9. The van der Waals surface area contributed by atoms with E-state index in [1.165, 1.54) is 13.0 Å². The van der Waals surface area contributed by atoms with E-state index in [-0.39, 0.29) is 5.91 Å². The third-order valence-corrected chi connectivity index (χ3v) is 3.11. The monoisotopic (exact) mass is 348 g/mol. The van der Waals surface area contributed by atoms with Gasteiger partial charge in [0.15, 0.2) is 0 Å². The fourth-order valence-corrected chi connectivity index (χ4v) is 1.96. The van der Waals surface area contributed by atoms with Gasteiger partial charge in [0.2, 0.25) is 9.70 Å². The number of carbonyl (C=O) groups excluding carboxylic acids is 1. The minimum atomic E-state index is -1.73. The minimum absolute atomic E-state index is 0.344. The van der Waals surface area contributed by atoms with Crippen molar-refractivity contribution in [3.8, 4) is 0 Å². The van der Waals surface area contributed by atoms with Crippen LogP contribution in [-0.4, -0.2) is 15.9 Å². The Hall–Kier alpha value is -0.0600. The predicted octanol–water partition coefficient (Wildman–Crippen LogP) is 4.24. The van der Waals surface area contributed by atoms with Gasteiger partial charge in [0.1, 0.15) is 6.17 Å². The largest absolute Gasteiger partial charge is 0.361 e. The molecule has 0 fully saturated rings. The van der Waals surface area contributed by atoms with Crippen LogP contribution in [0.4, 0.5) is 5.69 Å². The molecule has 2 N–H and O–H groups in total. The lowest BCUT2D eigenvalue weighted by Gasteiger charge is -2.27. The van der Waals surface area contributed by atoms with Crippen molar-refractivity contribution in [2.45, 2.75) is 16.9 Å². The standard InChI is InChI=1S/C10H9Cl5N2O/c1-5(18)16-9(10(13,14)15)17-8-3-2-6(11)4-7(8)12/h2-4,9,17H,1H3,(H,16,18)/t9-/m0/s1. The van der Waals surface area contributed by atoms with Crippen molar-refractivity contribution in [3.05, 3.63) is 28.2 Å². The molecule has 1 aromatic carbocycles. The van der Waals surface area contributed by atoms with Crippen LogP contribution in [0.15, 0.2) is 18.2 Å². The second-order valence-corrected chi connectivity index (χ2v) is 6.66. The Balaban J connectivity index is 2.92. The van der Waals surface area contributed by atoms with E-state index in [1.807, 2.05) is 0 Å². The number of hydrogen-bond acceptors (Lipinski definition) is 2. The van der Waals surface area contributed by atoms with Crippen molar-refractivity contribution in [2.24, 2.45) is 0 Å². The van der Waals surface area contributed by atoms with E-state index in [0.717, 1.165) is 0 Å². The van der Waals surface area contributed by atoms with Crippen LogP contribution >= 0.6 is 58.0 Å². The molecule has 0 aromatic heterocycles. The lowest BCUT2D eigenvalue weighted by molar-refractivity contribution is -0.119. The van der Waals surface area contributed by atoms with Gasteiger partial charge in [-0.25, -0.2) is 0 Å². The van der Waals surface area contributed by atoms with Gasteiger partial charge >= 0.3 is 0 Å². The summed E-state index contributed by atoms with van der Waals surface area (Å²) in [7, 11) is 0. The van der Waals surface area contributed by atoms with Gasteiger partial charge in [-0.3, -0.25) is 4.79 Å². The fraction of sp³-hybridized carbons (Fsp3) is 0.300. The summed E-state index contributed by atoms with van der Waals surface area (Å²) in [5.74, 6) is -0.344. The summed E-state index contributed by atoms with van der Waals surface area (Å²) in [4.78, 5) is 11.0. The molecule has 0 aliphatic heterocycles. The number of halogens is 5. The van der Waals surface area contributed by atoms with Crippen LogP contribution < -0.4 is 10.6 Å². The number of hydrogen-bond donors (Lipinski definition) is 2. The molecular formula is C10H9Cl5N2O. The average Bonchev–Trinajstić information content (AvgIpc) is 2.18. The maximum Gasteiger partial charge on any atom is 0.228 e. The van der Waals surface area contributed by atoms with E-state index >= 15 is 0 Å². The zero-order chi connectivity index (χ0) is 13.9. The maximum absolute atomic E-state index is 11.0. The highest BCUT2D eigenvalue weighted by atomic mass is 35.6. The highest BCUT2D eigenvalue weighted by molar-refractivity contribution is 6.68. The molecule has 0 unspecified atom stereocenters. The lowest BCUT2D eigenvalue weighted by atomic mass is 10.3. The van der Waals surface area contributed by atoms with Crippen molar-refractivity contribution in [1.82, 2.24) is 5.32 Å². The molecule has 1 amide bonds. The summed E-state index contributed by atoms with van der Waals surface area (Å²) in [6, 6.07) is 4.78. The summed E-state index contributed by atoms with van der Waals surface area (Å²) in [5, 5.41) is 6.14. The number of carbonyl (C=O) groups is 1. The topological polar surface area (TPSA) is 41.1 Å². The number of nitrogens with one attached hydrogen (secondary N) is 2. The van der Waals surface area contributed by atoms with Crippen molar-refractivity contribution >= 4 is 69.6 Å². The van der Waals surface area contributed by atoms with E-state index in [1.54, 1.807) is 12.1 Å². The highest BCUT2D eigenvalue weighted by Gasteiger charge is 2.33. The van der Waals surface area contributed by atoms with E-state index in [2.05, 4.69) is 10.6 Å². The van der Waals surface area contributed by atoms with Gasteiger partial charge in [0.05, 0.1) is 10.7 Å². The molecule has 8 heteroatoms. The Labute approximate surface area is 130 Å². The molecule has 1 atom stereocenters. The Kier molecular flexibility index (Phi) is 5.68. The third-order valence-electron chi connectivity index (χ3n) is 1.91. The van der Waals surface area contributed by atoms with Crippen molar-refractivity contribution < 1.29 is 4.79 Å². The molecule has 0 spiro atoms. The Morgan fingerprint density at radius 3 is 2.33 bits per heavy atom. The average molecular weight is 350 g/mol. The number of amides is 1. The van der Waals surface area contributed by atoms with Gasteiger partial charge in [-0.1, -0.05) is 58.0 Å². The van der Waals surface area contributed by atoms with Gasteiger partial charge in [0, 0.05) is 11.9 Å². The molecule has 3 nitrogen and oxygen atoms in total. The molecule has 0 bridgehead atoms. The van der Waals surface area contributed by atoms with Crippen LogP contribution in [0.1, 0.15) is 6.92 Å². The van der Waals surface area contributed by atoms with Gasteiger partial charge in [-0.05, 0) is 18.2 Å². The predicted molar refractivity (Wildman–Crippen MR) is 78.0 cm³/mol. The Morgan fingerprint density at radius 2 is 1.89 bits per heavy atom. The maximum atomic E-state index is 11.0. The zero-order valence-electron chi connectivity index (χ0n) is 9.11. The molecule has 0 heterocycles. The van der Waals surface area contributed by atoms with E-state index < -0.39 is 9.96 Å². The molecule has 0 saturated carbocycles. The Morgan fingerprint density at radius 1 is 1.28 bits per heavy atom. The quantitative estimate of drug-likeness (QED) is 0.632. The first-order valence-corrected chi connectivity index (χ1v) is 6.64. The second kappa shape index (κ2) is 6.40. The SMILES string of the molecule is CC(=O)N[C@@H](Nc1ccc(Cl)cc1Cl)C(Cl)(Cl)Cl. The second-order valence-electron chi connectivity index (χ2n) is 3.44. The first-order chi connectivity index (χ1) is 8.20. The summed E-state index contributed by atoms with van der Waals surface area (Å²) in [5.41, 5.74) is 0.492. The first kappa shape index (κ1) is 16.0. The van der Waals surface area contributed by atoms with Crippen molar-refractivity contribution in [1.29, 1.82) is 0 Å². The molecule has 18 heavy (non-hydrogen) atoms. The smallest absolute Gasteiger partial charge is 0.228 e. The van der Waals surface area contributed by atoms with Crippen LogP contribution in [-0.2, 0) is 4.79 Å². The van der Waals surface area contributed by atoms with Gasteiger partial charge in [0.25, 0.3) is 0 Å². The fourth-order valence-electron chi connectivity index (χ4n) is 1.17. The van der Waals surface area contributed by atoms with E-state index in [9.17, 15) is 4.79 Å². The number of rotatable bonds is 3. The van der Waals surface area contributed by atoms with Crippen LogP contribution in [0, 0.1) is 0 Å². The van der Waals surface area contributed by atoms with Gasteiger partial charge < -0.3 is 10.6 Å². The van der Waals surface area contributed by atoms with Crippen molar-refractivity contribution in [2.75, 3.05) is 5.32 Å². The molecule has 1 rings (SSSR count). The van der Waals surface area contributed by atoms with Crippen LogP contribution in [0.3, 0.4) is 0 Å². The molecule has 0 radical (unpaired) electrons. The summed E-state index contributed by atoms with van der Waals surface area (Å²) in [6.45, 7) is 1.31. The minimum Gasteiger partial charge on any atom is -0.361 e. The number of alkyl halides is 3. The highest BCUT2D eigenvalue weighted by Crippen LogP contribution is 2.33. The van der Waals surface area contributed by atoms with Crippen LogP contribution in [0.25, 0.3) is 0 Å². The van der Waals surface area contributed by atoms with E-state index in [0.29, 0.717) is 15.7 Å². The van der Waals surface area contributed by atoms with Crippen LogP contribution in [0.5, 0.6) is 0 Å². The molecule has 100 valence electrons. The summed E-state index contributed by atoms with van der Waals surface area (Å²) in [6.07, 6.45) is -0.918. The Bertz CT molecular complexity index is 446. The third kappa shape index (κ3) is 4.90. The molecular weight excluding hydrogens is 341 g/mol. The molecule has 0 aliphatic rings. The first-order valence-electron chi connectivity index (χ1n) is 4.75.